The van der Waals surface area contributed by atoms with E-state index in [4.69, 9.17) is 16.3 Å². The van der Waals surface area contributed by atoms with Crippen molar-refractivity contribution in [3.8, 4) is 16.9 Å². The van der Waals surface area contributed by atoms with Gasteiger partial charge >= 0.3 is 0 Å². The summed E-state index contributed by atoms with van der Waals surface area (Å²) in [5.74, 6) is 0.119. The Hall–Kier alpha value is -2.99. The van der Waals surface area contributed by atoms with Crippen LogP contribution in [0.25, 0.3) is 11.1 Å². The molecule has 2 heterocycles. The molecule has 1 N–H and O–H groups in total. The van der Waals surface area contributed by atoms with Crippen molar-refractivity contribution in [2.45, 2.75) is 25.9 Å². The summed E-state index contributed by atoms with van der Waals surface area (Å²) in [5.41, 5.74) is 2.01. The van der Waals surface area contributed by atoms with Crippen LogP contribution in [0, 0.1) is 12.7 Å². The first kappa shape index (κ1) is 18.4. The first-order valence-corrected chi connectivity index (χ1v) is 9.23. The van der Waals surface area contributed by atoms with Crippen LogP contribution in [-0.4, -0.2) is 22.0 Å². The van der Waals surface area contributed by atoms with Crippen LogP contribution in [-0.2, 0) is 0 Å². The van der Waals surface area contributed by atoms with Gasteiger partial charge in [-0.15, -0.1) is 0 Å². The number of carbonyl (C=O) groups is 1. The second kappa shape index (κ2) is 7.56. The minimum Gasteiger partial charge on any atom is -0.490 e. The summed E-state index contributed by atoms with van der Waals surface area (Å²) in [5, 5.41) is 3.24. The summed E-state index contributed by atoms with van der Waals surface area (Å²) in [6.45, 7) is 1.53. The summed E-state index contributed by atoms with van der Waals surface area (Å²) in [6, 6.07) is 9.00. The predicted octanol–water partition coefficient (Wildman–Crippen LogP) is 5.04. The second-order valence-corrected chi connectivity index (χ2v) is 7.05. The van der Waals surface area contributed by atoms with E-state index in [2.05, 4.69) is 15.3 Å². The Balaban J connectivity index is 1.52. The third-order valence-corrected chi connectivity index (χ3v) is 4.81. The fraction of sp³-hybridized carbons (Fsp3) is 0.190. The molecule has 0 bridgehead atoms. The molecule has 1 aromatic carbocycles. The number of aromatic nitrogens is 2. The molecule has 5 nitrogen and oxygen atoms in total. The highest BCUT2D eigenvalue weighted by atomic mass is 35.5. The van der Waals surface area contributed by atoms with Gasteiger partial charge in [-0.05, 0) is 50.1 Å². The molecule has 0 unspecified atom stereocenters. The number of nitrogens with zero attached hydrogens (tertiary/aromatic N) is 2. The van der Waals surface area contributed by atoms with Crippen LogP contribution in [0.3, 0.4) is 0 Å². The number of anilines is 1. The van der Waals surface area contributed by atoms with Crippen molar-refractivity contribution in [2.75, 3.05) is 5.32 Å². The lowest BCUT2D eigenvalue weighted by Gasteiger charge is -2.10. The van der Waals surface area contributed by atoms with Gasteiger partial charge in [0.05, 0.1) is 17.9 Å². The van der Waals surface area contributed by atoms with Crippen LogP contribution in [0.5, 0.6) is 5.75 Å². The molecular weight excluding hydrogens is 381 g/mol. The number of hydrogen-bond donors (Lipinski definition) is 1. The molecule has 3 aromatic rings. The molecule has 1 fully saturated rings. The zero-order valence-corrected chi connectivity index (χ0v) is 15.8. The van der Waals surface area contributed by atoms with Gasteiger partial charge in [-0.1, -0.05) is 11.6 Å². The molecule has 2 aromatic heterocycles. The van der Waals surface area contributed by atoms with Crippen molar-refractivity contribution in [3.05, 3.63) is 70.9 Å². The first-order chi connectivity index (χ1) is 13.5. The number of ether oxygens (including phenoxy) is 1. The Bertz CT molecular complexity index is 1040. The van der Waals surface area contributed by atoms with Gasteiger partial charge in [-0.25, -0.2) is 9.37 Å². The maximum Gasteiger partial charge on any atom is 0.258 e. The van der Waals surface area contributed by atoms with Crippen molar-refractivity contribution >= 4 is 23.3 Å². The zero-order chi connectivity index (χ0) is 19.7. The Kier molecular flexibility index (Phi) is 4.96. The number of rotatable bonds is 5. The van der Waals surface area contributed by atoms with Crippen LogP contribution in [0.4, 0.5) is 10.2 Å². The van der Waals surface area contributed by atoms with Gasteiger partial charge in [0.1, 0.15) is 17.4 Å². The van der Waals surface area contributed by atoms with Gasteiger partial charge in [0.2, 0.25) is 0 Å². The Morgan fingerprint density at radius 1 is 1.21 bits per heavy atom. The highest BCUT2D eigenvalue weighted by Crippen LogP contribution is 2.34. The van der Waals surface area contributed by atoms with E-state index in [1.807, 2.05) is 12.1 Å². The van der Waals surface area contributed by atoms with Crippen LogP contribution in [0.15, 0.2) is 48.9 Å². The molecule has 28 heavy (non-hydrogen) atoms. The second-order valence-electron chi connectivity index (χ2n) is 6.64. The number of pyridine rings is 2. The van der Waals surface area contributed by atoms with Crippen molar-refractivity contribution in [3.63, 3.8) is 0 Å². The Labute approximate surface area is 166 Å². The van der Waals surface area contributed by atoms with E-state index in [-0.39, 0.29) is 11.1 Å². The molecular formula is C21H17ClFN3O2. The van der Waals surface area contributed by atoms with Crippen molar-refractivity contribution in [2.24, 2.45) is 0 Å². The van der Waals surface area contributed by atoms with Gasteiger partial charge in [-0.3, -0.25) is 9.78 Å². The highest BCUT2D eigenvalue weighted by Gasteiger charge is 2.23. The van der Waals surface area contributed by atoms with Crippen molar-refractivity contribution in [1.82, 2.24) is 9.97 Å². The van der Waals surface area contributed by atoms with E-state index in [0.29, 0.717) is 16.9 Å². The average molecular weight is 398 g/mol. The van der Waals surface area contributed by atoms with Gasteiger partial charge in [-0.2, -0.15) is 0 Å². The number of nitrogens with one attached hydrogen (secondary N) is 1. The van der Waals surface area contributed by atoms with Gasteiger partial charge < -0.3 is 10.1 Å². The minimum absolute atomic E-state index is 0.166. The average Bonchev–Trinajstić information content (AvgIpc) is 3.50. The van der Waals surface area contributed by atoms with Crippen LogP contribution in [0.1, 0.15) is 28.8 Å². The standard InChI is InChI=1S/C21H17ClFN3O2/c1-12-17(10-24-11-19(12)23)21(27)26-20-7-2-13(9-25-20)16-8-15(5-6-18(16)22)28-14-3-4-14/h2,5-11,14H,3-4H2,1H3,(H,25,26,27). The SMILES string of the molecule is Cc1c(F)cncc1C(=O)Nc1ccc(-c2cc(OC3CC3)ccc2Cl)cn1. The third-order valence-electron chi connectivity index (χ3n) is 4.48. The molecule has 1 saturated carbocycles. The highest BCUT2D eigenvalue weighted by molar-refractivity contribution is 6.33. The first-order valence-electron chi connectivity index (χ1n) is 8.85. The molecule has 1 aliphatic rings. The third kappa shape index (κ3) is 3.97. The Morgan fingerprint density at radius 2 is 2.04 bits per heavy atom. The predicted molar refractivity (Wildman–Crippen MR) is 105 cm³/mol. The summed E-state index contributed by atoms with van der Waals surface area (Å²) < 4.78 is 19.4. The molecule has 1 aliphatic carbocycles. The lowest BCUT2D eigenvalue weighted by Crippen LogP contribution is -2.15. The zero-order valence-electron chi connectivity index (χ0n) is 15.1. The smallest absolute Gasteiger partial charge is 0.258 e. The maximum absolute atomic E-state index is 13.6. The van der Waals surface area contributed by atoms with Gasteiger partial charge in [0.25, 0.3) is 5.91 Å². The molecule has 4 rings (SSSR count). The van der Waals surface area contributed by atoms with E-state index in [1.165, 1.54) is 13.1 Å². The fourth-order valence-corrected chi connectivity index (χ4v) is 2.94. The molecule has 0 saturated heterocycles. The monoisotopic (exact) mass is 397 g/mol. The maximum atomic E-state index is 13.6. The number of amides is 1. The normalized spacial score (nSPS) is 13.2. The number of carbonyl (C=O) groups excluding carboxylic acids is 1. The quantitative estimate of drug-likeness (QED) is 0.655. The summed E-state index contributed by atoms with van der Waals surface area (Å²) in [7, 11) is 0. The van der Waals surface area contributed by atoms with Crippen LogP contribution < -0.4 is 10.1 Å². The van der Waals surface area contributed by atoms with E-state index >= 15 is 0 Å². The number of hydrogen-bond acceptors (Lipinski definition) is 4. The number of benzene rings is 1. The largest absolute Gasteiger partial charge is 0.490 e. The fourth-order valence-electron chi connectivity index (χ4n) is 2.72. The summed E-state index contributed by atoms with van der Waals surface area (Å²) >= 11 is 6.32. The minimum atomic E-state index is -0.529. The van der Waals surface area contributed by atoms with E-state index < -0.39 is 11.7 Å². The molecule has 0 atom stereocenters. The van der Waals surface area contributed by atoms with Gasteiger partial charge in [0, 0.05) is 34.1 Å². The van der Waals surface area contributed by atoms with Crippen LogP contribution >= 0.6 is 11.6 Å². The topological polar surface area (TPSA) is 64.1 Å². The lowest BCUT2D eigenvalue weighted by atomic mass is 10.1. The van der Waals surface area contributed by atoms with Crippen molar-refractivity contribution in [1.29, 1.82) is 0 Å². The summed E-state index contributed by atoms with van der Waals surface area (Å²) in [6.07, 6.45) is 6.47. The van der Waals surface area contributed by atoms with Gasteiger partial charge in [0.15, 0.2) is 0 Å². The number of halogens is 2. The lowest BCUT2D eigenvalue weighted by molar-refractivity contribution is 0.102. The van der Waals surface area contributed by atoms with Crippen LogP contribution in [0.2, 0.25) is 5.02 Å². The molecule has 142 valence electrons. The van der Waals surface area contributed by atoms with E-state index in [9.17, 15) is 9.18 Å². The van der Waals surface area contributed by atoms with E-state index in [1.54, 1.807) is 24.4 Å². The van der Waals surface area contributed by atoms with Crippen molar-refractivity contribution < 1.29 is 13.9 Å². The molecule has 7 heteroatoms. The van der Waals surface area contributed by atoms with E-state index in [0.717, 1.165) is 35.9 Å². The summed E-state index contributed by atoms with van der Waals surface area (Å²) in [4.78, 5) is 20.3. The molecule has 0 spiro atoms. The molecule has 0 aliphatic heterocycles. The Morgan fingerprint density at radius 3 is 2.75 bits per heavy atom. The molecule has 0 radical (unpaired) electrons. The molecule has 1 amide bonds.